The normalized spacial score (nSPS) is 15.7. The van der Waals surface area contributed by atoms with Gasteiger partial charge in [-0.25, -0.2) is 0 Å². The molecule has 0 spiro atoms. The van der Waals surface area contributed by atoms with Crippen molar-refractivity contribution < 1.29 is 9.63 Å². The number of likely N-dealkylation sites (tertiary alicyclic amines) is 1. The third kappa shape index (κ3) is 5.12. The summed E-state index contributed by atoms with van der Waals surface area (Å²) < 4.78 is 1.95. The molecule has 7 nitrogen and oxygen atoms in total. The van der Waals surface area contributed by atoms with Gasteiger partial charge in [0.05, 0.1) is 12.2 Å². The molecule has 2 N–H and O–H groups in total. The Labute approximate surface area is 166 Å². The van der Waals surface area contributed by atoms with Gasteiger partial charge in [-0.05, 0) is 50.3 Å². The van der Waals surface area contributed by atoms with Gasteiger partial charge in [0.2, 0.25) is 0 Å². The fourth-order valence-electron chi connectivity index (χ4n) is 3.40. The lowest BCUT2D eigenvalue weighted by molar-refractivity contribution is -0.137. The highest BCUT2D eigenvalue weighted by Crippen LogP contribution is 2.16. The van der Waals surface area contributed by atoms with Crippen LogP contribution in [0.2, 0.25) is 0 Å². The summed E-state index contributed by atoms with van der Waals surface area (Å²) in [6, 6.07) is 9.84. The number of carbonyl (C=O) groups is 1. The molecule has 1 aliphatic rings. The van der Waals surface area contributed by atoms with Crippen molar-refractivity contribution in [3.8, 4) is 0 Å². The van der Waals surface area contributed by atoms with Gasteiger partial charge in [0, 0.05) is 24.3 Å². The van der Waals surface area contributed by atoms with Crippen molar-refractivity contribution >= 4 is 11.7 Å². The third-order valence-electron chi connectivity index (χ3n) is 5.15. The van der Waals surface area contributed by atoms with Crippen LogP contribution in [0.1, 0.15) is 42.3 Å². The first-order valence-corrected chi connectivity index (χ1v) is 9.76. The number of benzene rings is 1. The molecule has 0 atom stereocenters. The van der Waals surface area contributed by atoms with Gasteiger partial charge in [-0.2, -0.15) is 5.10 Å². The van der Waals surface area contributed by atoms with E-state index in [2.05, 4.69) is 17.2 Å². The summed E-state index contributed by atoms with van der Waals surface area (Å²) >= 11 is 0. The summed E-state index contributed by atoms with van der Waals surface area (Å²) in [4.78, 5) is 19.3. The van der Waals surface area contributed by atoms with Crippen LogP contribution in [0.4, 0.5) is 0 Å². The number of oxime groups is 1. The molecule has 0 unspecified atom stereocenters. The monoisotopic (exact) mass is 383 g/mol. The van der Waals surface area contributed by atoms with E-state index < -0.39 is 0 Å². The van der Waals surface area contributed by atoms with Crippen LogP contribution in [-0.2, 0) is 16.2 Å². The molecule has 1 aromatic carbocycles. The first-order chi connectivity index (χ1) is 13.4. The van der Waals surface area contributed by atoms with Crippen LogP contribution in [0.5, 0.6) is 0 Å². The van der Waals surface area contributed by atoms with Crippen LogP contribution in [0.3, 0.4) is 0 Å². The number of piperidine rings is 1. The molecular formula is C21H29N5O2. The van der Waals surface area contributed by atoms with Crippen LogP contribution >= 0.6 is 0 Å². The Balaban J connectivity index is 1.57. The van der Waals surface area contributed by atoms with Crippen LogP contribution in [-0.4, -0.2) is 46.1 Å². The van der Waals surface area contributed by atoms with Crippen molar-refractivity contribution in [1.82, 2.24) is 14.7 Å². The quantitative estimate of drug-likeness (QED) is 0.472. The zero-order valence-electron chi connectivity index (χ0n) is 16.9. The number of amides is 1. The number of aromatic nitrogens is 2. The maximum Gasteiger partial charge on any atom is 0.263 e. The lowest BCUT2D eigenvalue weighted by Gasteiger charge is -2.29. The highest BCUT2D eigenvalue weighted by molar-refractivity contribution is 5.97. The van der Waals surface area contributed by atoms with E-state index in [1.807, 2.05) is 53.8 Å². The molecule has 0 aliphatic carbocycles. The minimum Gasteiger partial charge on any atom is -0.384 e. The van der Waals surface area contributed by atoms with E-state index in [0.29, 0.717) is 12.5 Å². The maximum atomic E-state index is 12.2. The number of nitrogens with zero attached hydrogens (tertiary/aromatic N) is 4. The fourth-order valence-corrected chi connectivity index (χ4v) is 3.40. The number of amidine groups is 1. The molecular weight excluding hydrogens is 354 g/mol. The summed E-state index contributed by atoms with van der Waals surface area (Å²) in [5.74, 6) is 0.900. The summed E-state index contributed by atoms with van der Waals surface area (Å²) in [6.45, 7) is 8.38. The van der Waals surface area contributed by atoms with E-state index >= 15 is 0 Å². The average Bonchev–Trinajstić information content (AvgIpc) is 2.99. The second-order valence-electron chi connectivity index (χ2n) is 7.60. The van der Waals surface area contributed by atoms with Crippen molar-refractivity contribution in [2.24, 2.45) is 16.8 Å². The Kier molecular flexibility index (Phi) is 6.34. The largest absolute Gasteiger partial charge is 0.384 e. The maximum absolute atomic E-state index is 12.2. The number of hydrogen-bond acceptors (Lipinski definition) is 4. The molecule has 0 radical (unpaired) electrons. The van der Waals surface area contributed by atoms with Crippen molar-refractivity contribution in [3.05, 3.63) is 52.8 Å². The number of hydrogen-bond donors (Lipinski definition) is 1. The summed E-state index contributed by atoms with van der Waals surface area (Å²) in [6.07, 6.45) is 2.08. The molecule has 2 heterocycles. The molecule has 0 bridgehead atoms. The zero-order chi connectivity index (χ0) is 20.1. The van der Waals surface area contributed by atoms with Crippen LogP contribution < -0.4 is 5.73 Å². The number of nitrogens with two attached hydrogens (primary N) is 1. The van der Waals surface area contributed by atoms with Gasteiger partial charge >= 0.3 is 0 Å². The van der Waals surface area contributed by atoms with Gasteiger partial charge in [-0.3, -0.25) is 9.48 Å². The van der Waals surface area contributed by atoms with Gasteiger partial charge in [0.15, 0.2) is 12.4 Å². The molecule has 1 fully saturated rings. The fraction of sp³-hybridized carbons (Fsp3) is 0.476. The number of carbonyl (C=O) groups excluding carboxylic acids is 1. The zero-order valence-corrected chi connectivity index (χ0v) is 16.9. The summed E-state index contributed by atoms with van der Waals surface area (Å²) in [7, 11) is 0. The molecule has 150 valence electrons. The number of rotatable bonds is 6. The van der Waals surface area contributed by atoms with Gasteiger partial charge in [0.1, 0.15) is 0 Å². The predicted molar refractivity (Wildman–Crippen MR) is 109 cm³/mol. The molecule has 7 heteroatoms. The second-order valence-corrected chi connectivity index (χ2v) is 7.60. The van der Waals surface area contributed by atoms with Gasteiger partial charge in [-0.1, -0.05) is 30.3 Å². The van der Waals surface area contributed by atoms with Crippen molar-refractivity contribution in [3.63, 3.8) is 0 Å². The molecule has 1 saturated heterocycles. The highest BCUT2D eigenvalue weighted by atomic mass is 16.6. The SMILES string of the molecule is Cc1cc(C)n(Cc2cccc(/C(N)=N\OCC(=O)N3CCC(C)CC3)c2)n1. The summed E-state index contributed by atoms with van der Waals surface area (Å²) in [5, 5.41) is 8.42. The molecule has 1 aliphatic heterocycles. The minimum absolute atomic E-state index is 0.0401. The lowest BCUT2D eigenvalue weighted by atomic mass is 9.99. The number of aryl methyl sites for hydroxylation is 2. The van der Waals surface area contributed by atoms with Crippen molar-refractivity contribution in [1.29, 1.82) is 0 Å². The van der Waals surface area contributed by atoms with E-state index in [9.17, 15) is 4.79 Å². The van der Waals surface area contributed by atoms with Gasteiger partial charge in [0.25, 0.3) is 5.91 Å². The van der Waals surface area contributed by atoms with Crippen LogP contribution in [0.15, 0.2) is 35.5 Å². The van der Waals surface area contributed by atoms with E-state index in [4.69, 9.17) is 10.6 Å². The van der Waals surface area contributed by atoms with Crippen LogP contribution in [0, 0.1) is 19.8 Å². The average molecular weight is 383 g/mol. The smallest absolute Gasteiger partial charge is 0.263 e. The molecule has 0 saturated carbocycles. The van der Waals surface area contributed by atoms with E-state index in [1.54, 1.807) is 0 Å². The topological polar surface area (TPSA) is 85.7 Å². The third-order valence-corrected chi connectivity index (χ3v) is 5.15. The van der Waals surface area contributed by atoms with Gasteiger partial charge < -0.3 is 15.5 Å². The first-order valence-electron chi connectivity index (χ1n) is 9.76. The van der Waals surface area contributed by atoms with Crippen molar-refractivity contribution in [2.75, 3.05) is 19.7 Å². The standard InChI is InChI=1S/C21H29N5O2/c1-15-7-9-25(10-8-15)20(27)14-28-24-21(22)19-6-4-5-18(12-19)13-26-17(3)11-16(2)23-26/h4-6,11-12,15H,7-10,13-14H2,1-3H3,(H2,22,24). The Morgan fingerprint density at radius 2 is 2.04 bits per heavy atom. The minimum atomic E-state index is -0.0828. The Bertz CT molecular complexity index is 850. The lowest BCUT2D eigenvalue weighted by Crippen LogP contribution is -2.39. The summed E-state index contributed by atoms with van der Waals surface area (Å²) in [5.41, 5.74) is 9.99. The molecule has 1 aromatic heterocycles. The highest BCUT2D eigenvalue weighted by Gasteiger charge is 2.20. The van der Waals surface area contributed by atoms with E-state index in [-0.39, 0.29) is 18.3 Å². The molecule has 28 heavy (non-hydrogen) atoms. The second kappa shape index (κ2) is 8.91. The van der Waals surface area contributed by atoms with Crippen LogP contribution in [0.25, 0.3) is 0 Å². The Morgan fingerprint density at radius 1 is 1.29 bits per heavy atom. The van der Waals surface area contributed by atoms with E-state index in [1.165, 1.54) is 0 Å². The predicted octanol–water partition coefficient (Wildman–Crippen LogP) is 2.44. The molecule has 1 amide bonds. The first kappa shape index (κ1) is 19.9. The molecule has 3 rings (SSSR count). The molecule has 2 aromatic rings. The Morgan fingerprint density at radius 3 is 2.71 bits per heavy atom. The van der Waals surface area contributed by atoms with Crippen molar-refractivity contribution in [2.45, 2.75) is 40.2 Å². The van der Waals surface area contributed by atoms with Gasteiger partial charge in [-0.15, -0.1) is 0 Å². The van der Waals surface area contributed by atoms with E-state index in [0.717, 1.165) is 48.4 Å². The Hall–Kier alpha value is -2.83.